The molecule has 8 heteroatoms. The van der Waals surface area contributed by atoms with Crippen LogP contribution in [0.15, 0.2) is 58.7 Å². The Morgan fingerprint density at radius 3 is 2.78 bits per heavy atom. The summed E-state index contributed by atoms with van der Waals surface area (Å²) in [4.78, 5) is 23.5. The zero-order valence-corrected chi connectivity index (χ0v) is 15.7. The van der Waals surface area contributed by atoms with Crippen molar-refractivity contribution in [2.24, 2.45) is 4.99 Å². The van der Waals surface area contributed by atoms with Gasteiger partial charge < -0.3 is 4.90 Å². The molecular formula is C19H20N4O3S. The van der Waals surface area contributed by atoms with Crippen LogP contribution in [0.4, 0.5) is 0 Å². The summed E-state index contributed by atoms with van der Waals surface area (Å²) in [5.74, 6) is 0.112. The van der Waals surface area contributed by atoms with Crippen LogP contribution in [0.3, 0.4) is 0 Å². The number of nitrogens with zero attached hydrogens (tertiary/aromatic N) is 3. The number of amides is 1. The van der Waals surface area contributed by atoms with E-state index in [9.17, 15) is 13.2 Å². The van der Waals surface area contributed by atoms with E-state index in [2.05, 4.69) is 14.7 Å². The first-order chi connectivity index (χ1) is 13.0. The van der Waals surface area contributed by atoms with E-state index in [1.807, 2.05) is 17.0 Å². The minimum Gasteiger partial charge on any atom is -0.333 e. The van der Waals surface area contributed by atoms with Crippen LogP contribution in [0, 0.1) is 0 Å². The number of hydrogen-bond acceptors (Lipinski definition) is 5. The third kappa shape index (κ3) is 3.57. The smallest absolute Gasteiger partial charge is 0.263 e. The molecule has 1 amide bonds. The number of carbonyl (C=O) groups excluding carboxylic acids is 1. The number of amidine groups is 1. The average Bonchev–Trinajstić information content (AvgIpc) is 3.47. The first-order valence-corrected chi connectivity index (χ1v) is 10.3. The SMILES string of the molecule is C[C@H](N=C1NS(=O)(=O)c2ccccc21)C(=O)N(Cc1cccnc1)C1CC1. The second kappa shape index (κ2) is 6.77. The van der Waals surface area contributed by atoms with Crippen LogP contribution in [0.1, 0.15) is 30.9 Å². The van der Waals surface area contributed by atoms with Crippen molar-refractivity contribution in [3.63, 3.8) is 0 Å². The minimum absolute atomic E-state index is 0.113. The normalized spacial score (nSPS) is 20.0. The van der Waals surface area contributed by atoms with Gasteiger partial charge in [0.05, 0.1) is 4.90 Å². The van der Waals surface area contributed by atoms with Crippen molar-refractivity contribution in [1.29, 1.82) is 0 Å². The number of aliphatic imine (C=N–C) groups is 1. The second-order valence-electron chi connectivity index (χ2n) is 6.81. The first kappa shape index (κ1) is 17.7. The summed E-state index contributed by atoms with van der Waals surface area (Å²) in [6, 6.07) is 9.95. The van der Waals surface area contributed by atoms with E-state index in [1.165, 1.54) is 6.07 Å². The lowest BCUT2D eigenvalue weighted by Gasteiger charge is -2.24. The highest BCUT2D eigenvalue weighted by molar-refractivity contribution is 7.90. The van der Waals surface area contributed by atoms with Gasteiger partial charge in [-0.2, -0.15) is 0 Å². The van der Waals surface area contributed by atoms with Gasteiger partial charge in [-0.1, -0.05) is 18.2 Å². The van der Waals surface area contributed by atoms with E-state index in [0.717, 1.165) is 18.4 Å². The lowest BCUT2D eigenvalue weighted by atomic mass is 10.2. The number of benzene rings is 1. The van der Waals surface area contributed by atoms with E-state index in [4.69, 9.17) is 0 Å². The summed E-state index contributed by atoms with van der Waals surface area (Å²) in [6.45, 7) is 2.18. The topological polar surface area (TPSA) is 91.7 Å². The maximum atomic E-state index is 13.0. The Morgan fingerprint density at radius 2 is 2.07 bits per heavy atom. The van der Waals surface area contributed by atoms with Gasteiger partial charge in [0, 0.05) is 30.5 Å². The molecule has 1 N–H and O–H groups in total. The average molecular weight is 384 g/mol. The quantitative estimate of drug-likeness (QED) is 0.849. The molecular weight excluding hydrogens is 364 g/mol. The number of hydrogen-bond donors (Lipinski definition) is 1. The Kier molecular flexibility index (Phi) is 4.43. The maximum absolute atomic E-state index is 13.0. The van der Waals surface area contributed by atoms with E-state index in [-0.39, 0.29) is 22.7 Å². The zero-order chi connectivity index (χ0) is 19.0. The number of nitrogens with one attached hydrogen (secondary N) is 1. The molecule has 0 saturated heterocycles. The third-order valence-corrected chi connectivity index (χ3v) is 6.09. The van der Waals surface area contributed by atoms with E-state index in [0.29, 0.717) is 12.1 Å². The molecule has 2 aromatic rings. The molecule has 140 valence electrons. The monoisotopic (exact) mass is 384 g/mol. The van der Waals surface area contributed by atoms with Crippen molar-refractivity contribution in [3.8, 4) is 0 Å². The Balaban J connectivity index is 1.58. The molecule has 1 aliphatic heterocycles. The van der Waals surface area contributed by atoms with E-state index >= 15 is 0 Å². The van der Waals surface area contributed by atoms with Crippen LogP contribution in [-0.2, 0) is 21.4 Å². The molecule has 1 fully saturated rings. The summed E-state index contributed by atoms with van der Waals surface area (Å²) in [5.41, 5.74) is 1.46. The number of pyridine rings is 1. The molecule has 1 aromatic heterocycles. The predicted molar refractivity (Wildman–Crippen MR) is 101 cm³/mol. The van der Waals surface area contributed by atoms with E-state index < -0.39 is 16.1 Å². The number of fused-ring (bicyclic) bond motifs is 1. The van der Waals surface area contributed by atoms with Crippen molar-refractivity contribution < 1.29 is 13.2 Å². The number of sulfonamides is 1. The zero-order valence-electron chi connectivity index (χ0n) is 14.9. The Morgan fingerprint density at radius 1 is 1.30 bits per heavy atom. The fraction of sp³-hybridized carbons (Fsp3) is 0.316. The van der Waals surface area contributed by atoms with Gasteiger partial charge in [-0.3, -0.25) is 19.5 Å². The van der Waals surface area contributed by atoms with Gasteiger partial charge in [-0.05, 0) is 43.5 Å². The van der Waals surface area contributed by atoms with Gasteiger partial charge in [0.2, 0.25) is 5.91 Å². The van der Waals surface area contributed by atoms with Gasteiger partial charge in [-0.25, -0.2) is 8.42 Å². The number of aromatic nitrogens is 1. The van der Waals surface area contributed by atoms with Gasteiger partial charge >= 0.3 is 0 Å². The molecule has 4 rings (SSSR count). The number of carbonyl (C=O) groups is 1. The fourth-order valence-electron chi connectivity index (χ4n) is 3.18. The van der Waals surface area contributed by atoms with Gasteiger partial charge in [0.1, 0.15) is 11.9 Å². The Bertz CT molecular complexity index is 1000. The van der Waals surface area contributed by atoms with Crippen molar-refractivity contribution in [2.75, 3.05) is 0 Å². The van der Waals surface area contributed by atoms with Crippen LogP contribution < -0.4 is 4.72 Å². The van der Waals surface area contributed by atoms with Crippen LogP contribution >= 0.6 is 0 Å². The standard InChI is InChI=1S/C19H20N4O3S/c1-13(21-18-16-6-2-3-7-17(16)27(25,26)22-18)19(24)23(15-8-9-15)12-14-5-4-10-20-11-14/h2-7,10-11,13,15H,8-9,12H2,1H3,(H,21,22)/t13-/m0/s1. The van der Waals surface area contributed by atoms with E-state index in [1.54, 1.807) is 37.5 Å². The van der Waals surface area contributed by atoms with Crippen molar-refractivity contribution in [2.45, 2.75) is 43.3 Å². The van der Waals surface area contributed by atoms with Crippen LogP contribution in [0.25, 0.3) is 0 Å². The number of rotatable bonds is 5. The lowest BCUT2D eigenvalue weighted by Crippen LogP contribution is -2.39. The lowest BCUT2D eigenvalue weighted by molar-refractivity contribution is -0.133. The molecule has 1 atom stereocenters. The van der Waals surface area contributed by atoms with Crippen LogP contribution in [-0.4, -0.2) is 42.1 Å². The molecule has 7 nitrogen and oxygen atoms in total. The van der Waals surface area contributed by atoms with Crippen molar-refractivity contribution in [3.05, 3.63) is 59.9 Å². The summed E-state index contributed by atoms with van der Waals surface area (Å²) in [5, 5.41) is 0. The maximum Gasteiger partial charge on any atom is 0.263 e. The summed E-state index contributed by atoms with van der Waals surface area (Å²) in [6.07, 6.45) is 5.40. The molecule has 1 aliphatic carbocycles. The highest BCUT2D eigenvalue weighted by atomic mass is 32.2. The third-order valence-electron chi connectivity index (χ3n) is 4.69. The Labute approximate surface area is 158 Å². The molecule has 1 aromatic carbocycles. The summed E-state index contributed by atoms with van der Waals surface area (Å²) >= 11 is 0. The van der Waals surface area contributed by atoms with Gasteiger partial charge in [-0.15, -0.1) is 0 Å². The molecule has 0 bridgehead atoms. The van der Waals surface area contributed by atoms with Crippen LogP contribution in [0.2, 0.25) is 0 Å². The second-order valence-corrected chi connectivity index (χ2v) is 8.46. The molecule has 2 heterocycles. The molecule has 0 radical (unpaired) electrons. The molecule has 1 saturated carbocycles. The summed E-state index contributed by atoms with van der Waals surface area (Å²) in [7, 11) is -3.61. The van der Waals surface area contributed by atoms with Crippen molar-refractivity contribution >= 4 is 21.8 Å². The van der Waals surface area contributed by atoms with Gasteiger partial charge in [0.15, 0.2) is 0 Å². The van der Waals surface area contributed by atoms with Crippen LogP contribution in [0.5, 0.6) is 0 Å². The molecule has 2 aliphatic rings. The largest absolute Gasteiger partial charge is 0.333 e. The molecule has 0 unspecified atom stereocenters. The Hall–Kier alpha value is -2.74. The van der Waals surface area contributed by atoms with Crippen molar-refractivity contribution in [1.82, 2.24) is 14.6 Å². The highest BCUT2D eigenvalue weighted by Crippen LogP contribution is 2.29. The fourth-order valence-corrected chi connectivity index (χ4v) is 4.42. The predicted octanol–water partition coefficient (Wildman–Crippen LogP) is 1.70. The minimum atomic E-state index is -3.61. The summed E-state index contributed by atoms with van der Waals surface area (Å²) < 4.78 is 26.9. The highest BCUT2D eigenvalue weighted by Gasteiger charge is 2.36. The van der Waals surface area contributed by atoms with Gasteiger partial charge in [0.25, 0.3) is 10.0 Å². The molecule has 27 heavy (non-hydrogen) atoms. The first-order valence-electron chi connectivity index (χ1n) is 8.85. The molecule has 0 spiro atoms.